The number of nitrogens with one attached hydrogen (secondary N) is 1. The summed E-state index contributed by atoms with van der Waals surface area (Å²) in [5.74, 6) is 0.240. The van der Waals surface area contributed by atoms with Gasteiger partial charge in [0.1, 0.15) is 0 Å². The van der Waals surface area contributed by atoms with Crippen molar-refractivity contribution in [3.05, 3.63) is 28.8 Å². The molecule has 0 unspecified atom stereocenters. The fourth-order valence-corrected chi connectivity index (χ4v) is 2.37. The fourth-order valence-electron chi connectivity index (χ4n) is 2.19. The van der Waals surface area contributed by atoms with Gasteiger partial charge in [0.15, 0.2) is 0 Å². The molecular formula is C14H19ClN2O. The molecule has 0 atom stereocenters. The van der Waals surface area contributed by atoms with E-state index in [2.05, 4.69) is 17.3 Å². The van der Waals surface area contributed by atoms with Crippen LogP contribution >= 0.6 is 11.6 Å². The molecule has 1 amide bonds. The standard InChI is InChI=1S/C14H19ClN2O/c1-10-3-4-12(9-13(10)15)16-14(18)11-5-7-17(2)8-6-11/h3-4,9,11H,5-8H2,1-2H3,(H,16,18). The lowest BCUT2D eigenvalue weighted by Crippen LogP contribution is -2.35. The number of halogens is 1. The Labute approximate surface area is 113 Å². The van der Waals surface area contributed by atoms with Gasteiger partial charge in [-0.15, -0.1) is 0 Å². The summed E-state index contributed by atoms with van der Waals surface area (Å²) in [6.45, 7) is 3.93. The van der Waals surface area contributed by atoms with Crippen molar-refractivity contribution in [3.8, 4) is 0 Å². The summed E-state index contributed by atoms with van der Waals surface area (Å²) in [6, 6.07) is 5.63. The van der Waals surface area contributed by atoms with Gasteiger partial charge in [-0.05, 0) is 57.6 Å². The maximum Gasteiger partial charge on any atom is 0.227 e. The Hall–Kier alpha value is -1.06. The zero-order valence-electron chi connectivity index (χ0n) is 10.9. The molecule has 0 aromatic heterocycles. The van der Waals surface area contributed by atoms with Crippen LogP contribution in [0.2, 0.25) is 5.02 Å². The highest BCUT2D eigenvalue weighted by molar-refractivity contribution is 6.31. The van der Waals surface area contributed by atoms with Crippen LogP contribution in [0.4, 0.5) is 5.69 Å². The molecule has 0 bridgehead atoms. The highest BCUT2D eigenvalue weighted by Crippen LogP contribution is 2.22. The average Bonchev–Trinajstić information content (AvgIpc) is 2.34. The van der Waals surface area contributed by atoms with Gasteiger partial charge in [0.05, 0.1) is 0 Å². The van der Waals surface area contributed by atoms with Crippen LogP contribution in [0.25, 0.3) is 0 Å². The van der Waals surface area contributed by atoms with E-state index in [0.29, 0.717) is 5.02 Å². The van der Waals surface area contributed by atoms with E-state index < -0.39 is 0 Å². The molecule has 0 radical (unpaired) electrons. The van der Waals surface area contributed by atoms with Crippen molar-refractivity contribution >= 4 is 23.2 Å². The molecule has 2 rings (SSSR count). The van der Waals surface area contributed by atoms with Crippen molar-refractivity contribution in [2.75, 3.05) is 25.5 Å². The summed E-state index contributed by atoms with van der Waals surface area (Å²) in [6.07, 6.45) is 1.86. The highest BCUT2D eigenvalue weighted by atomic mass is 35.5. The number of rotatable bonds is 2. The van der Waals surface area contributed by atoms with E-state index in [1.807, 2.05) is 25.1 Å². The molecule has 1 aliphatic rings. The first-order valence-electron chi connectivity index (χ1n) is 6.32. The van der Waals surface area contributed by atoms with Crippen LogP contribution in [0.1, 0.15) is 18.4 Å². The molecule has 1 fully saturated rings. The Balaban J connectivity index is 1.96. The van der Waals surface area contributed by atoms with Gasteiger partial charge in [-0.2, -0.15) is 0 Å². The van der Waals surface area contributed by atoms with Gasteiger partial charge < -0.3 is 10.2 Å². The molecule has 0 saturated carbocycles. The van der Waals surface area contributed by atoms with Gasteiger partial charge in [-0.1, -0.05) is 17.7 Å². The number of piperidine rings is 1. The maximum absolute atomic E-state index is 12.1. The normalized spacial score (nSPS) is 17.7. The van der Waals surface area contributed by atoms with E-state index in [9.17, 15) is 4.79 Å². The highest BCUT2D eigenvalue weighted by Gasteiger charge is 2.23. The number of aryl methyl sites for hydroxylation is 1. The van der Waals surface area contributed by atoms with E-state index in [0.717, 1.165) is 37.2 Å². The molecule has 1 aliphatic heterocycles. The molecule has 1 heterocycles. The Morgan fingerprint density at radius 3 is 2.67 bits per heavy atom. The van der Waals surface area contributed by atoms with Gasteiger partial charge in [0, 0.05) is 16.6 Å². The van der Waals surface area contributed by atoms with Crippen LogP contribution in [-0.2, 0) is 4.79 Å². The molecule has 1 aromatic carbocycles. The van der Waals surface area contributed by atoms with E-state index in [1.54, 1.807) is 0 Å². The van der Waals surface area contributed by atoms with E-state index >= 15 is 0 Å². The van der Waals surface area contributed by atoms with Crippen LogP contribution in [0.5, 0.6) is 0 Å². The Kier molecular flexibility index (Phi) is 4.25. The first-order chi connectivity index (χ1) is 8.56. The number of benzene rings is 1. The molecule has 1 saturated heterocycles. The van der Waals surface area contributed by atoms with Crippen molar-refractivity contribution in [2.45, 2.75) is 19.8 Å². The summed E-state index contributed by atoms with van der Waals surface area (Å²) in [5.41, 5.74) is 1.81. The predicted molar refractivity (Wildman–Crippen MR) is 75.0 cm³/mol. The first-order valence-corrected chi connectivity index (χ1v) is 6.69. The average molecular weight is 267 g/mol. The molecule has 4 heteroatoms. The molecule has 1 aromatic rings. The second-order valence-corrected chi connectivity index (χ2v) is 5.44. The third kappa shape index (κ3) is 3.24. The number of carbonyl (C=O) groups is 1. The lowest BCUT2D eigenvalue weighted by atomic mass is 9.96. The smallest absolute Gasteiger partial charge is 0.227 e. The number of anilines is 1. The van der Waals surface area contributed by atoms with Gasteiger partial charge in [0.25, 0.3) is 0 Å². The minimum atomic E-state index is 0.114. The number of carbonyl (C=O) groups excluding carboxylic acids is 1. The van der Waals surface area contributed by atoms with Crippen LogP contribution in [0, 0.1) is 12.8 Å². The van der Waals surface area contributed by atoms with Crippen LogP contribution < -0.4 is 5.32 Å². The largest absolute Gasteiger partial charge is 0.326 e. The number of hydrogen-bond acceptors (Lipinski definition) is 2. The molecular weight excluding hydrogens is 248 g/mol. The Morgan fingerprint density at radius 1 is 1.39 bits per heavy atom. The minimum Gasteiger partial charge on any atom is -0.326 e. The SMILES string of the molecule is Cc1ccc(NC(=O)C2CCN(C)CC2)cc1Cl. The van der Waals surface area contributed by atoms with Gasteiger partial charge in [-0.3, -0.25) is 4.79 Å². The lowest BCUT2D eigenvalue weighted by Gasteiger charge is -2.28. The van der Waals surface area contributed by atoms with Crippen LogP contribution in [-0.4, -0.2) is 30.9 Å². The topological polar surface area (TPSA) is 32.3 Å². The predicted octanol–water partition coefficient (Wildman–Crippen LogP) is 2.93. The summed E-state index contributed by atoms with van der Waals surface area (Å²) in [7, 11) is 2.09. The Morgan fingerprint density at radius 2 is 2.06 bits per heavy atom. The fraction of sp³-hybridized carbons (Fsp3) is 0.500. The number of amides is 1. The molecule has 0 aliphatic carbocycles. The minimum absolute atomic E-state index is 0.114. The second-order valence-electron chi connectivity index (χ2n) is 5.03. The molecule has 0 spiro atoms. The van der Waals surface area contributed by atoms with Crippen molar-refractivity contribution in [2.24, 2.45) is 5.92 Å². The molecule has 98 valence electrons. The molecule has 1 N–H and O–H groups in total. The zero-order valence-corrected chi connectivity index (χ0v) is 11.6. The van der Waals surface area contributed by atoms with Crippen molar-refractivity contribution in [3.63, 3.8) is 0 Å². The quantitative estimate of drug-likeness (QED) is 0.893. The number of hydrogen-bond donors (Lipinski definition) is 1. The summed E-state index contributed by atoms with van der Waals surface area (Å²) in [5, 5.41) is 3.64. The van der Waals surface area contributed by atoms with E-state index in [4.69, 9.17) is 11.6 Å². The summed E-state index contributed by atoms with van der Waals surface area (Å²) >= 11 is 6.04. The maximum atomic E-state index is 12.1. The van der Waals surface area contributed by atoms with Gasteiger partial charge >= 0.3 is 0 Å². The van der Waals surface area contributed by atoms with Crippen LogP contribution in [0.15, 0.2) is 18.2 Å². The third-order valence-electron chi connectivity index (χ3n) is 3.53. The third-order valence-corrected chi connectivity index (χ3v) is 3.94. The first kappa shape index (κ1) is 13.4. The number of nitrogens with zero attached hydrogens (tertiary/aromatic N) is 1. The van der Waals surface area contributed by atoms with Crippen molar-refractivity contribution < 1.29 is 4.79 Å². The molecule has 18 heavy (non-hydrogen) atoms. The number of likely N-dealkylation sites (tertiary alicyclic amines) is 1. The van der Waals surface area contributed by atoms with Gasteiger partial charge in [-0.25, -0.2) is 0 Å². The van der Waals surface area contributed by atoms with Crippen molar-refractivity contribution in [1.82, 2.24) is 4.90 Å². The van der Waals surface area contributed by atoms with Crippen LogP contribution in [0.3, 0.4) is 0 Å². The van der Waals surface area contributed by atoms with Crippen molar-refractivity contribution in [1.29, 1.82) is 0 Å². The Bertz CT molecular complexity index is 439. The van der Waals surface area contributed by atoms with E-state index in [-0.39, 0.29) is 11.8 Å². The monoisotopic (exact) mass is 266 g/mol. The van der Waals surface area contributed by atoms with E-state index in [1.165, 1.54) is 0 Å². The van der Waals surface area contributed by atoms with Gasteiger partial charge in [0.2, 0.25) is 5.91 Å². The summed E-state index contributed by atoms with van der Waals surface area (Å²) in [4.78, 5) is 14.4. The summed E-state index contributed by atoms with van der Waals surface area (Å²) < 4.78 is 0. The second kappa shape index (κ2) is 5.72. The molecule has 3 nitrogen and oxygen atoms in total. The zero-order chi connectivity index (χ0) is 13.1. The lowest BCUT2D eigenvalue weighted by molar-refractivity contribution is -0.121.